The van der Waals surface area contributed by atoms with Crippen molar-refractivity contribution in [2.24, 2.45) is 5.92 Å². The molecule has 0 aliphatic carbocycles. The first-order chi connectivity index (χ1) is 19.5. The van der Waals surface area contributed by atoms with E-state index in [4.69, 9.17) is 4.74 Å². The number of fused-ring (bicyclic) bond motifs is 3. The van der Waals surface area contributed by atoms with Gasteiger partial charge in [-0.3, -0.25) is 29.5 Å². The summed E-state index contributed by atoms with van der Waals surface area (Å²) in [4.78, 5) is 45.4. The fourth-order valence-electron chi connectivity index (χ4n) is 6.80. The van der Waals surface area contributed by atoms with Crippen LogP contribution in [0.1, 0.15) is 41.6 Å². The number of para-hydroxylation sites is 1. The first-order valence-corrected chi connectivity index (χ1v) is 14.6. The quantitative estimate of drug-likeness (QED) is 0.420. The van der Waals surface area contributed by atoms with E-state index in [9.17, 15) is 14.4 Å². The number of piperazine rings is 1. The number of hydrogen-bond donors (Lipinski definition) is 1. The highest BCUT2D eigenvalue weighted by molar-refractivity contribution is 6.00. The molecule has 0 bridgehead atoms. The zero-order valence-electron chi connectivity index (χ0n) is 23.3. The lowest BCUT2D eigenvalue weighted by Crippen LogP contribution is -2.58. The van der Waals surface area contributed by atoms with Crippen LogP contribution in [0.4, 0.5) is 11.4 Å². The number of carbonyl (C=O) groups excluding carboxylic acids is 3. The fourth-order valence-corrected chi connectivity index (χ4v) is 6.80. The van der Waals surface area contributed by atoms with Crippen LogP contribution in [-0.2, 0) is 16.1 Å². The van der Waals surface area contributed by atoms with Gasteiger partial charge in [-0.05, 0) is 62.1 Å². The van der Waals surface area contributed by atoms with Crippen molar-refractivity contribution in [1.82, 2.24) is 15.1 Å². The molecule has 40 heavy (non-hydrogen) atoms. The van der Waals surface area contributed by atoms with E-state index in [1.165, 1.54) is 18.5 Å². The van der Waals surface area contributed by atoms with Crippen molar-refractivity contribution in [3.63, 3.8) is 0 Å². The number of piperidine rings is 2. The molecule has 9 nitrogen and oxygen atoms in total. The first kappa shape index (κ1) is 26.8. The van der Waals surface area contributed by atoms with E-state index in [1.807, 2.05) is 18.0 Å². The summed E-state index contributed by atoms with van der Waals surface area (Å²) in [6.45, 7) is 7.32. The third kappa shape index (κ3) is 5.58. The molecule has 9 heteroatoms. The summed E-state index contributed by atoms with van der Waals surface area (Å²) >= 11 is 0. The zero-order chi connectivity index (χ0) is 27.6. The summed E-state index contributed by atoms with van der Waals surface area (Å²) in [6.07, 6.45) is 4.12. The summed E-state index contributed by atoms with van der Waals surface area (Å²) in [5.41, 5.74) is 3.81. The van der Waals surface area contributed by atoms with Gasteiger partial charge in [0, 0.05) is 63.5 Å². The van der Waals surface area contributed by atoms with Gasteiger partial charge >= 0.3 is 0 Å². The minimum Gasteiger partial charge on any atom is -0.489 e. The van der Waals surface area contributed by atoms with Gasteiger partial charge < -0.3 is 14.5 Å². The molecule has 0 saturated carbocycles. The normalized spacial score (nSPS) is 23.9. The monoisotopic (exact) mass is 545 g/mol. The number of imide groups is 1. The number of nitrogens with one attached hydrogen (secondary N) is 1. The van der Waals surface area contributed by atoms with Crippen LogP contribution < -0.4 is 19.9 Å². The molecule has 2 aromatic rings. The van der Waals surface area contributed by atoms with Gasteiger partial charge in [0.25, 0.3) is 0 Å². The van der Waals surface area contributed by atoms with Gasteiger partial charge in [-0.25, -0.2) is 0 Å². The number of ether oxygens (including phenoxy) is 1. The van der Waals surface area contributed by atoms with Gasteiger partial charge in [-0.1, -0.05) is 18.2 Å². The second kappa shape index (κ2) is 11.6. The van der Waals surface area contributed by atoms with Crippen LogP contribution in [0, 0.1) is 5.92 Å². The number of likely N-dealkylation sites (N-methyl/N-ethyl adjacent to an activating group) is 1. The summed E-state index contributed by atoms with van der Waals surface area (Å²) < 4.78 is 6.19. The largest absolute Gasteiger partial charge is 0.489 e. The molecule has 0 aromatic heterocycles. The molecule has 0 spiro atoms. The number of anilines is 2. The standard InChI is InChI=1S/C31H39N5O4/c1-33(27-7-8-30(38)32-31(27)39)18-23-15-28-29(16-24(23)20-37)40-21-26-19-34(13-14-36(26)28)17-22-9-11-35(12-10-22)25-5-3-2-4-6-25/h2-6,15-16,20,22,26-27H,7-14,17-19,21H2,1H3,(H,32,38,39). The molecular weight excluding hydrogens is 506 g/mol. The van der Waals surface area contributed by atoms with Crippen molar-refractivity contribution in [3.8, 4) is 5.75 Å². The molecule has 1 N–H and O–H groups in total. The Kier molecular flexibility index (Phi) is 7.76. The Labute approximate surface area is 236 Å². The Hall–Kier alpha value is -3.43. The molecular formula is C31H39N5O4. The number of aldehydes is 1. The van der Waals surface area contributed by atoms with Crippen LogP contribution >= 0.6 is 0 Å². The summed E-state index contributed by atoms with van der Waals surface area (Å²) in [5.74, 6) is 0.979. The number of nitrogens with zero attached hydrogens (tertiary/aromatic N) is 4. The van der Waals surface area contributed by atoms with Gasteiger partial charge in [0.1, 0.15) is 12.4 Å². The van der Waals surface area contributed by atoms with E-state index in [0.29, 0.717) is 37.5 Å². The maximum atomic E-state index is 12.4. The van der Waals surface area contributed by atoms with Gasteiger partial charge in [0.05, 0.1) is 17.8 Å². The summed E-state index contributed by atoms with van der Waals surface area (Å²) in [6, 6.07) is 14.5. The predicted octanol–water partition coefficient (Wildman–Crippen LogP) is 2.54. The molecule has 4 aliphatic rings. The van der Waals surface area contributed by atoms with Crippen molar-refractivity contribution in [2.75, 3.05) is 62.7 Å². The molecule has 4 heterocycles. The molecule has 0 radical (unpaired) electrons. The second-order valence-corrected chi connectivity index (χ2v) is 11.7. The van der Waals surface area contributed by atoms with E-state index in [0.717, 1.165) is 62.6 Å². The predicted molar refractivity (Wildman–Crippen MR) is 154 cm³/mol. The average Bonchev–Trinajstić information content (AvgIpc) is 2.97. The van der Waals surface area contributed by atoms with Crippen molar-refractivity contribution in [3.05, 3.63) is 53.6 Å². The van der Waals surface area contributed by atoms with Crippen LogP contribution in [-0.4, -0.2) is 92.9 Å². The van der Waals surface area contributed by atoms with E-state index in [1.54, 1.807) is 0 Å². The van der Waals surface area contributed by atoms with Crippen LogP contribution in [0.15, 0.2) is 42.5 Å². The molecule has 2 amide bonds. The van der Waals surface area contributed by atoms with Crippen LogP contribution in [0.3, 0.4) is 0 Å². The third-order valence-electron chi connectivity index (χ3n) is 9.07. The highest BCUT2D eigenvalue weighted by Gasteiger charge is 2.35. The maximum absolute atomic E-state index is 12.4. The number of carbonyl (C=O) groups is 3. The Morgan fingerprint density at radius 1 is 1.05 bits per heavy atom. The molecule has 3 saturated heterocycles. The average molecular weight is 546 g/mol. The van der Waals surface area contributed by atoms with Crippen molar-refractivity contribution >= 4 is 29.5 Å². The van der Waals surface area contributed by atoms with E-state index in [-0.39, 0.29) is 23.9 Å². The highest BCUT2D eigenvalue weighted by atomic mass is 16.5. The highest BCUT2D eigenvalue weighted by Crippen LogP contribution is 2.38. The third-order valence-corrected chi connectivity index (χ3v) is 9.07. The van der Waals surface area contributed by atoms with Gasteiger partial charge in [0.15, 0.2) is 6.29 Å². The number of hydrogen-bond acceptors (Lipinski definition) is 8. The minimum atomic E-state index is -0.389. The van der Waals surface area contributed by atoms with Crippen molar-refractivity contribution in [2.45, 2.75) is 44.3 Å². The maximum Gasteiger partial charge on any atom is 0.243 e. The second-order valence-electron chi connectivity index (χ2n) is 11.7. The molecule has 212 valence electrons. The van der Waals surface area contributed by atoms with E-state index >= 15 is 0 Å². The SMILES string of the molecule is CN(Cc1cc2c(cc1C=O)OCC1CN(CC3CCN(c4ccccc4)CC3)CCN21)C1CCC(=O)NC1=O. The zero-order valence-corrected chi connectivity index (χ0v) is 23.3. The van der Waals surface area contributed by atoms with Crippen LogP contribution in [0.5, 0.6) is 5.75 Å². The summed E-state index contributed by atoms with van der Waals surface area (Å²) in [5, 5.41) is 2.43. The fraction of sp³-hybridized carbons (Fsp3) is 0.516. The van der Waals surface area contributed by atoms with Gasteiger partial charge in [0.2, 0.25) is 11.8 Å². The molecule has 6 rings (SSSR count). The Bertz CT molecular complexity index is 1250. The van der Waals surface area contributed by atoms with Crippen LogP contribution in [0.25, 0.3) is 0 Å². The van der Waals surface area contributed by atoms with Crippen molar-refractivity contribution in [1.29, 1.82) is 0 Å². The molecule has 4 aliphatic heterocycles. The number of rotatable bonds is 7. The summed E-state index contributed by atoms with van der Waals surface area (Å²) in [7, 11) is 1.87. The van der Waals surface area contributed by atoms with Gasteiger partial charge in [-0.2, -0.15) is 0 Å². The lowest BCUT2D eigenvalue weighted by Gasteiger charge is -2.47. The minimum absolute atomic E-state index is 0.225. The number of benzene rings is 2. The number of amides is 2. The lowest BCUT2D eigenvalue weighted by molar-refractivity contribution is -0.137. The molecule has 2 atom stereocenters. The Morgan fingerprint density at radius 2 is 1.85 bits per heavy atom. The smallest absolute Gasteiger partial charge is 0.243 e. The topological polar surface area (TPSA) is 85.4 Å². The molecule has 3 fully saturated rings. The molecule has 2 unspecified atom stereocenters. The van der Waals surface area contributed by atoms with E-state index < -0.39 is 0 Å². The van der Waals surface area contributed by atoms with Crippen molar-refractivity contribution < 1.29 is 19.1 Å². The molecule has 2 aromatic carbocycles. The van der Waals surface area contributed by atoms with Gasteiger partial charge in [-0.15, -0.1) is 0 Å². The Morgan fingerprint density at radius 3 is 2.60 bits per heavy atom. The Balaban J connectivity index is 1.08. The first-order valence-electron chi connectivity index (χ1n) is 14.6. The van der Waals surface area contributed by atoms with Crippen LogP contribution in [0.2, 0.25) is 0 Å². The van der Waals surface area contributed by atoms with E-state index in [2.05, 4.69) is 56.4 Å². The lowest BCUT2D eigenvalue weighted by atomic mass is 9.94.